The summed E-state index contributed by atoms with van der Waals surface area (Å²) in [6.45, 7) is 2.46. The van der Waals surface area contributed by atoms with Crippen LogP contribution in [0.2, 0.25) is 0 Å². The SMILES string of the molecule is NC(=S)c1ncccc1CN1CCCC(O)C1. The van der Waals surface area contributed by atoms with Crippen molar-refractivity contribution in [2.45, 2.75) is 25.5 Å². The number of rotatable bonds is 3. The molecule has 1 fully saturated rings. The first-order chi connectivity index (χ1) is 8.16. The molecular formula is C12H17N3OS. The molecule has 2 heterocycles. The zero-order chi connectivity index (χ0) is 12.3. The van der Waals surface area contributed by atoms with Crippen molar-refractivity contribution >= 4 is 17.2 Å². The highest BCUT2D eigenvalue weighted by Crippen LogP contribution is 2.15. The summed E-state index contributed by atoms with van der Waals surface area (Å²) in [4.78, 5) is 6.75. The summed E-state index contributed by atoms with van der Waals surface area (Å²) in [5, 5.41) is 9.63. The second-order valence-electron chi connectivity index (χ2n) is 4.41. The van der Waals surface area contributed by atoms with E-state index in [1.807, 2.05) is 12.1 Å². The Bertz CT molecular complexity index is 410. The number of nitrogens with zero attached hydrogens (tertiary/aromatic N) is 2. The van der Waals surface area contributed by atoms with Crippen LogP contribution in [0, 0.1) is 0 Å². The lowest BCUT2D eigenvalue weighted by molar-refractivity contribution is 0.0667. The minimum absolute atomic E-state index is 0.214. The van der Waals surface area contributed by atoms with E-state index in [1.165, 1.54) is 0 Å². The minimum atomic E-state index is -0.214. The fourth-order valence-corrected chi connectivity index (χ4v) is 2.39. The zero-order valence-corrected chi connectivity index (χ0v) is 10.5. The Kier molecular flexibility index (Phi) is 4.04. The predicted molar refractivity (Wildman–Crippen MR) is 70.6 cm³/mol. The third-order valence-corrected chi connectivity index (χ3v) is 3.19. The molecule has 0 saturated carbocycles. The number of β-amino-alcohol motifs (C(OH)–C–C–N with tert-alkyl or cyclic N) is 1. The molecule has 1 aromatic rings. The molecule has 0 radical (unpaired) electrons. The van der Waals surface area contributed by atoms with Crippen molar-refractivity contribution in [2.75, 3.05) is 13.1 Å². The van der Waals surface area contributed by atoms with Gasteiger partial charge in [0.05, 0.1) is 6.10 Å². The smallest absolute Gasteiger partial charge is 0.123 e. The van der Waals surface area contributed by atoms with Crippen LogP contribution in [-0.2, 0) is 6.54 Å². The standard InChI is InChI=1S/C12H17N3OS/c13-12(17)11-9(3-1-5-14-11)7-15-6-2-4-10(16)8-15/h1,3,5,10,16H,2,4,6-8H2,(H2,13,17). The van der Waals surface area contributed by atoms with E-state index in [1.54, 1.807) is 6.20 Å². The number of hydrogen-bond acceptors (Lipinski definition) is 4. The normalized spacial score (nSPS) is 21.4. The van der Waals surface area contributed by atoms with Crippen LogP contribution < -0.4 is 5.73 Å². The number of likely N-dealkylation sites (tertiary alicyclic amines) is 1. The molecule has 1 saturated heterocycles. The summed E-state index contributed by atoms with van der Waals surface area (Å²) in [6, 6.07) is 3.87. The van der Waals surface area contributed by atoms with Crippen molar-refractivity contribution in [3.8, 4) is 0 Å². The Labute approximate surface area is 106 Å². The van der Waals surface area contributed by atoms with Gasteiger partial charge in [-0.1, -0.05) is 18.3 Å². The van der Waals surface area contributed by atoms with Crippen LogP contribution in [0.3, 0.4) is 0 Å². The molecule has 0 amide bonds. The van der Waals surface area contributed by atoms with E-state index in [2.05, 4.69) is 9.88 Å². The number of aliphatic hydroxyl groups excluding tert-OH is 1. The van der Waals surface area contributed by atoms with Crippen LogP contribution in [0.15, 0.2) is 18.3 Å². The molecule has 92 valence electrons. The molecule has 1 unspecified atom stereocenters. The van der Waals surface area contributed by atoms with Gasteiger partial charge in [-0.15, -0.1) is 0 Å². The second kappa shape index (κ2) is 5.53. The van der Waals surface area contributed by atoms with Gasteiger partial charge in [0.1, 0.15) is 10.7 Å². The van der Waals surface area contributed by atoms with Crippen molar-refractivity contribution in [2.24, 2.45) is 5.73 Å². The van der Waals surface area contributed by atoms with Gasteiger partial charge in [0.15, 0.2) is 0 Å². The van der Waals surface area contributed by atoms with Gasteiger partial charge in [0.25, 0.3) is 0 Å². The lowest BCUT2D eigenvalue weighted by atomic mass is 10.1. The number of piperidine rings is 1. The summed E-state index contributed by atoms with van der Waals surface area (Å²) in [6.07, 6.45) is 3.41. The van der Waals surface area contributed by atoms with Gasteiger partial charge in [-0.25, -0.2) is 0 Å². The Morgan fingerprint density at radius 2 is 2.47 bits per heavy atom. The van der Waals surface area contributed by atoms with Gasteiger partial charge in [-0.3, -0.25) is 9.88 Å². The predicted octanol–water partition coefficient (Wildman–Crippen LogP) is 0.672. The van der Waals surface area contributed by atoms with Gasteiger partial charge < -0.3 is 10.8 Å². The molecule has 0 bridgehead atoms. The molecule has 1 aromatic heterocycles. The van der Waals surface area contributed by atoms with E-state index in [-0.39, 0.29) is 6.10 Å². The minimum Gasteiger partial charge on any atom is -0.392 e. The quantitative estimate of drug-likeness (QED) is 0.773. The van der Waals surface area contributed by atoms with Gasteiger partial charge in [-0.2, -0.15) is 0 Å². The fraction of sp³-hybridized carbons (Fsp3) is 0.500. The average Bonchev–Trinajstić information content (AvgIpc) is 2.29. The van der Waals surface area contributed by atoms with Crippen LogP contribution in [-0.4, -0.2) is 39.2 Å². The number of pyridine rings is 1. The monoisotopic (exact) mass is 251 g/mol. The Morgan fingerprint density at radius 1 is 1.65 bits per heavy atom. The first-order valence-corrected chi connectivity index (χ1v) is 6.22. The Hall–Kier alpha value is -1.04. The molecule has 17 heavy (non-hydrogen) atoms. The maximum absolute atomic E-state index is 9.63. The summed E-state index contributed by atoms with van der Waals surface area (Å²) >= 11 is 4.99. The van der Waals surface area contributed by atoms with E-state index in [9.17, 15) is 5.11 Å². The molecule has 0 aliphatic carbocycles. The molecule has 5 heteroatoms. The summed E-state index contributed by atoms with van der Waals surface area (Å²) in [7, 11) is 0. The van der Waals surface area contributed by atoms with E-state index in [4.69, 9.17) is 18.0 Å². The van der Waals surface area contributed by atoms with Gasteiger partial charge in [0.2, 0.25) is 0 Å². The highest BCUT2D eigenvalue weighted by atomic mass is 32.1. The highest BCUT2D eigenvalue weighted by Gasteiger charge is 2.19. The molecule has 1 aliphatic heterocycles. The number of thiocarbonyl (C=S) groups is 1. The Morgan fingerprint density at radius 3 is 3.18 bits per heavy atom. The van der Waals surface area contributed by atoms with E-state index in [0.717, 1.165) is 31.5 Å². The van der Waals surface area contributed by atoms with Crippen LogP contribution in [0.25, 0.3) is 0 Å². The van der Waals surface area contributed by atoms with Crippen molar-refractivity contribution < 1.29 is 5.11 Å². The lowest BCUT2D eigenvalue weighted by Gasteiger charge is -2.30. The van der Waals surface area contributed by atoms with Crippen LogP contribution in [0.5, 0.6) is 0 Å². The zero-order valence-electron chi connectivity index (χ0n) is 9.67. The number of aliphatic hydroxyl groups is 1. The second-order valence-corrected chi connectivity index (χ2v) is 4.85. The molecule has 1 aliphatic rings. The molecule has 3 N–H and O–H groups in total. The number of hydrogen-bond donors (Lipinski definition) is 2. The van der Waals surface area contributed by atoms with Gasteiger partial charge in [0, 0.05) is 19.3 Å². The summed E-state index contributed by atoms with van der Waals surface area (Å²) in [5.41, 5.74) is 7.38. The van der Waals surface area contributed by atoms with Crippen LogP contribution >= 0.6 is 12.2 Å². The third kappa shape index (κ3) is 3.21. The molecular weight excluding hydrogens is 234 g/mol. The first kappa shape index (κ1) is 12.4. The molecule has 2 rings (SSSR count). The van der Waals surface area contributed by atoms with E-state index in [0.29, 0.717) is 17.2 Å². The molecule has 1 atom stereocenters. The molecule has 4 nitrogen and oxygen atoms in total. The van der Waals surface area contributed by atoms with E-state index < -0.39 is 0 Å². The maximum atomic E-state index is 9.63. The van der Waals surface area contributed by atoms with Crippen molar-refractivity contribution in [1.82, 2.24) is 9.88 Å². The first-order valence-electron chi connectivity index (χ1n) is 5.81. The maximum Gasteiger partial charge on any atom is 0.123 e. The van der Waals surface area contributed by atoms with Crippen LogP contribution in [0.1, 0.15) is 24.1 Å². The topological polar surface area (TPSA) is 62.4 Å². The van der Waals surface area contributed by atoms with E-state index >= 15 is 0 Å². The van der Waals surface area contributed by atoms with Gasteiger partial charge in [-0.05, 0) is 31.0 Å². The highest BCUT2D eigenvalue weighted by molar-refractivity contribution is 7.80. The van der Waals surface area contributed by atoms with Gasteiger partial charge >= 0.3 is 0 Å². The number of aromatic nitrogens is 1. The fourth-order valence-electron chi connectivity index (χ4n) is 2.20. The lowest BCUT2D eigenvalue weighted by Crippen LogP contribution is -2.38. The van der Waals surface area contributed by atoms with Crippen molar-refractivity contribution in [3.05, 3.63) is 29.6 Å². The largest absolute Gasteiger partial charge is 0.392 e. The average molecular weight is 251 g/mol. The summed E-state index contributed by atoms with van der Waals surface area (Å²) in [5.74, 6) is 0. The van der Waals surface area contributed by atoms with Crippen LogP contribution in [0.4, 0.5) is 0 Å². The van der Waals surface area contributed by atoms with Crippen molar-refractivity contribution in [3.63, 3.8) is 0 Å². The molecule has 0 aromatic carbocycles. The Balaban J connectivity index is 2.10. The number of nitrogens with two attached hydrogens (primary N) is 1. The summed E-state index contributed by atoms with van der Waals surface area (Å²) < 4.78 is 0. The van der Waals surface area contributed by atoms with Crippen molar-refractivity contribution in [1.29, 1.82) is 0 Å². The molecule has 0 spiro atoms. The third-order valence-electron chi connectivity index (χ3n) is 3.00.